The smallest absolute Gasteiger partial charge is 0.284 e. The molecule has 0 aliphatic carbocycles. The van der Waals surface area contributed by atoms with Gasteiger partial charge in [0.1, 0.15) is 17.1 Å². The highest BCUT2D eigenvalue weighted by Crippen LogP contribution is 2.32. The van der Waals surface area contributed by atoms with Crippen molar-refractivity contribution in [3.8, 4) is 22.9 Å². The van der Waals surface area contributed by atoms with Crippen molar-refractivity contribution in [3.63, 3.8) is 0 Å². The van der Waals surface area contributed by atoms with Gasteiger partial charge in [-0.15, -0.1) is 11.6 Å². The van der Waals surface area contributed by atoms with Crippen LogP contribution < -0.4 is 15.6 Å². The van der Waals surface area contributed by atoms with Gasteiger partial charge in [-0.25, -0.2) is 9.07 Å². The lowest BCUT2D eigenvalue weighted by Gasteiger charge is -2.16. The van der Waals surface area contributed by atoms with E-state index in [1.807, 2.05) is 0 Å². The van der Waals surface area contributed by atoms with Gasteiger partial charge < -0.3 is 20.3 Å². The Bertz CT molecular complexity index is 1770. The number of benzene rings is 3. The van der Waals surface area contributed by atoms with E-state index in [1.165, 1.54) is 39.8 Å². The Hall–Kier alpha value is -4.67. The molecule has 0 radical (unpaired) electrons. The first-order valence-corrected chi connectivity index (χ1v) is 12.8. The van der Waals surface area contributed by atoms with Gasteiger partial charge in [-0.05, 0) is 49.4 Å². The molecule has 204 valence electrons. The summed E-state index contributed by atoms with van der Waals surface area (Å²) in [6.45, 7) is 1.57. The number of phenols is 1. The summed E-state index contributed by atoms with van der Waals surface area (Å²) in [6, 6.07) is 18.7. The van der Waals surface area contributed by atoms with E-state index in [-0.39, 0.29) is 35.2 Å². The fraction of sp³-hybridized carbons (Fsp3) is 0.138. The Morgan fingerprint density at radius 3 is 2.60 bits per heavy atom. The maximum absolute atomic E-state index is 15.0. The summed E-state index contributed by atoms with van der Waals surface area (Å²) >= 11 is 5.79. The average molecular weight is 563 g/mol. The van der Waals surface area contributed by atoms with Gasteiger partial charge in [-0.1, -0.05) is 18.2 Å². The van der Waals surface area contributed by atoms with Crippen molar-refractivity contribution in [2.75, 3.05) is 11.2 Å². The Kier molecular flexibility index (Phi) is 7.54. The fourth-order valence-corrected chi connectivity index (χ4v) is 4.47. The number of alkyl halides is 1. The molecule has 0 saturated heterocycles. The van der Waals surface area contributed by atoms with Gasteiger partial charge in [-0.2, -0.15) is 0 Å². The molecule has 0 bridgehead atoms. The number of phenolic OH excluding ortho intramolecular Hbond substituents is 1. The number of anilines is 1. The van der Waals surface area contributed by atoms with E-state index in [0.717, 1.165) is 6.07 Å². The number of hydrogen-bond donors (Lipinski definition) is 3. The van der Waals surface area contributed by atoms with Crippen LogP contribution in [0.2, 0.25) is 0 Å². The van der Waals surface area contributed by atoms with Gasteiger partial charge in [0, 0.05) is 29.4 Å². The number of rotatable bonds is 8. The van der Waals surface area contributed by atoms with E-state index in [0.29, 0.717) is 28.0 Å². The summed E-state index contributed by atoms with van der Waals surface area (Å²) in [5, 5.41) is 23.0. The summed E-state index contributed by atoms with van der Waals surface area (Å²) in [7, 11) is 0. The van der Waals surface area contributed by atoms with Crippen LogP contribution in [0.3, 0.4) is 0 Å². The second kappa shape index (κ2) is 11.2. The van der Waals surface area contributed by atoms with Crippen molar-refractivity contribution in [3.05, 3.63) is 106 Å². The third-order valence-corrected chi connectivity index (χ3v) is 6.64. The molecule has 2 aromatic heterocycles. The maximum atomic E-state index is 15.0. The van der Waals surface area contributed by atoms with Crippen LogP contribution in [0.25, 0.3) is 16.6 Å². The number of fused-ring (bicyclic) bond motifs is 1. The molecule has 1 atom stereocenters. The van der Waals surface area contributed by atoms with Crippen LogP contribution >= 0.6 is 11.6 Å². The maximum Gasteiger partial charge on any atom is 0.284 e. The third-order valence-electron chi connectivity index (χ3n) is 6.28. The topological polar surface area (TPSA) is 119 Å². The van der Waals surface area contributed by atoms with Gasteiger partial charge in [0.15, 0.2) is 11.6 Å². The summed E-state index contributed by atoms with van der Waals surface area (Å²) in [5.74, 6) is -1.27. The Morgan fingerprint density at radius 1 is 1.10 bits per heavy atom. The molecule has 3 N–H and O–H groups in total. The monoisotopic (exact) mass is 562 g/mol. The number of hydrogen-bond acceptors (Lipinski definition) is 6. The number of nitrogens with zero attached hydrogens (tertiary/aromatic N) is 3. The molecule has 5 rings (SSSR count). The van der Waals surface area contributed by atoms with Crippen LogP contribution in [-0.4, -0.2) is 42.5 Å². The first-order valence-electron chi connectivity index (χ1n) is 12.2. The number of nitrogens with one attached hydrogen (secondary N) is 1. The quantitative estimate of drug-likeness (QED) is 0.229. The van der Waals surface area contributed by atoms with Crippen molar-refractivity contribution in [2.45, 2.75) is 19.6 Å². The van der Waals surface area contributed by atoms with E-state index >= 15 is 4.39 Å². The zero-order valence-corrected chi connectivity index (χ0v) is 22.0. The van der Waals surface area contributed by atoms with Crippen molar-refractivity contribution >= 4 is 34.1 Å². The SMILES string of the molecule is Cc1c(C(=O)Nc2ccc(Oc3ccnc4cc(O)ccc34)c(F)c2)c(=O)n(-c2ccccc2)n1CC(O)CCl. The molecule has 40 heavy (non-hydrogen) atoms. The molecule has 11 heteroatoms. The number of amides is 1. The molecule has 9 nitrogen and oxygen atoms in total. The van der Waals surface area contributed by atoms with Gasteiger partial charge >= 0.3 is 0 Å². The van der Waals surface area contributed by atoms with E-state index in [9.17, 15) is 19.8 Å². The zero-order chi connectivity index (χ0) is 28.4. The van der Waals surface area contributed by atoms with Crippen LogP contribution in [0.15, 0.2) is 83.8 Å². The Labute approximate surface area is 232 Å². The van der Waals surface area contributed by atoms with E-state index in [4.69, 9.17) is 16.3 Å². The summed E-state index contributed by atoms with van der Waals surface area (Å²) in [5.41, 5.74) is 0.646. The van der Waals surface area contributed by atoms with Gasteiger partial charge in [0.05, 0.1) is 35.4 Å². The van der Waals surface area contributed by atoms with Crippen molar-refractivity contribution < 1.29 is 24.1 Å². The molecule has 2 heterocycles. The highest BCUT2D eigenvalue weighted by atomic mass is 35.5. The summed E-state index contributed by atoms with van der Waals surface area (Å²) in [6.07, 6.45) is 0.523. The number of aromatic nitrogens is 3. The first kappa shape index (κ1) is 26.9. The number of aliphatic hydroxyl groups excluding tert-OH is 1. The molecule has 0 spiro atoms. The van der Waals surface area contributed by atoms with E-state index in [1.54, 1.807) is 49.4 Å². The number of carbonyl (C=O) groups excluding carboxylic acids is 1. The predicted octanol–water partition coefficient (Wildman–Crippen LogP) is 4.98. The molecular weight excluding hydrogens is 539 g/mol. The fourth-order valence-electron chi connectivity index (χ4n) is 4.38. The molecular formula is C29H24ClFN4O5. The number of carbonyl (C=O) groups is 1. The van der Waals surface area contributed by atoms with Crippen LogP contribution in [0.1, 0.15) is 16.1 Å². The van der Waals surface area contributed by atoms with Gasteiger partial charge in [0.25, 0.3) is 11.5 Å². The largest absolute Gasteiger partial charge is 0.508 e. The molecule has 0 aliphatic rings. The number of ether oxygens (including phenoxy) is 1. The molecule has 0 aliphatic heterocycles. The number of aromatic hydroxyl groups is 1. The zero-order valence-electron chi connectivity index (χ0n) is 21.2. The standard InChI is InChI=1S/C29H24ClFN4O5/c1-17-27(29(39)35(19-5-3-2-4-6-19)34(17)16-21(37)15-30)28(38)33-18-7-10-26(23(31)13-18)40-25-11-12-32-24-14-20(36)8-9-22(24)25/h2-14,21,36-37H,15-16H2,1H3,(H,33,38). The highest BCUT2D eigenvalue weighted by Gasteiger charge is 2.25. The van der Waals surface area contributed by atoms with Crippen molar-refractivity contribution in [1.29, 1.82) is 0 Å². The van der Waals surface area contributed by atoms with Gasteiger partial charge in [0.2, 0.25) is 0 Å². The molecule has 1 unspecified atom stereocenters. The minimum Gasteiger partial charge on any atom is -0.508 e. The summed E-state index contributed by atoms with van der Waals surface area (Å²) < 4.78 is 23.6. The van der Waals surface area contributed by atoms with Crippen molar-refractivity contribution in [1.82, 2.24) is 14.3 Å². The molecule has 1 amide bonds. The van der Waals surface area contributed by atoms with Crippen LogP contribution in [0, 0.1) is 12.7 Å². The number of halogens is 2. The lowest BCUT2D eigenvalue weighted by Crippen LogP contribution is -2.28. The molecule has 5 aromatic rings. The lowest BCUT2D eigenvalue weighted by atomic mass is 10.2. The third kappa shape index (κ3) is 5.27. The minimum absolute atomic E-state index is 0.0171. The molecule has 0 fully saturated rings. The Morgan fingerprint density at radius 2 is 1.88 bits per heavy atom. The van der Waals surface area contributed by atoms with Crippen LogP contribution in [-0.2, 0) is 6.54 Å². The van der Waals surface area contributed by atoms with Crippen molar-refractivity contribution in [2.24, 2.45) is 0 Å². The second-order valence-corrected chi connectivity index (χ2v) is 9.32. The number of pyridine rings is 1. The normalized spacial score (nSPS) is 11.9. The summed E-state index contributed by atoms with van der Waals surface area (Å²) in [4.78, 5) is 30.9. The molecule has 0 saturated carbocycles. The lowest BCUT2D eigenvalue weighted by molar-refractivity contribution is 0.102. The van der Waals surface area contributed by atoms with Gasteiger partial charge in [-0.3, -0.25) is 19.3 Å². The Balaban J connectivity index is 1.43. The average Bonchev–Trinajstić information content (AvgIpc) is 3.19. The van der Waals surface area contributed by atoms with Crippen LogP contribution in [0.4, 0.5) is 10.1 Å². The van der Waals surface area contributed by atoms with E-state index < -0.39 is 23.4 Å². The number of para-hydroxylation sites is 1. The van der Waals surface area contributed by atoms with Crippen LogP contribution in [0.5, 0.6) is 17.2 Å². The minimum atomic E-state index is -0.956. The number of aliphatic hydroxyl groups is 1. The molecule has 3 aromatic carbocycles. The highest BCUT2D eigenvalue weighted by molar-refractivity contribution is 6.18. The second-order valence-electron chi connectivity index (χ2n) is 9.02. The first-order chi connectivity index (χ1) is 19.3. The van der Waals surface area contributed by atoms with E-state index in [2.05, 4.69) is 10.3 Å². The predicted molar refractivity (Wildman–Crippen MR) is 149 cm³/mol.